The third-order valence-electron chi connectivity index (χ3n) is 3.75. The molecule has 5 heteroatoms. The van der Waals surface area contributed by atoms with E-state index < -0.39 is 12.0 Å². The lowest BCUT2D eigenvalue weighted by Crippen LogP contribution is -2.42. The molecule has 1 saturated heterocycles. The van der Waals surface area contributed by atoms with Gasteiger partial charge >= 0.3 is 5.97 Å². The number of likely N-dealkylation sites (tertiary alicyclic amines) is 1. The highest BCUT2D eigenvalue weighted by Gasteiger charge is 2.33. The molecule has 0 spiro atoms. The van der Waals surface area contributed by atoms with E-state index in [4.69, 9.17) is 9.84 Å². The van der Waals surface area contributed by atoms with Gasteiger partial charge in [-0.15, -0.1) is 0 Å². The fraction of sp³-hybridized carbons (Fsp3) is 0.500. The second-order valence-corrected chi connectivity index (χ2v) is 5.60. The van der Waals surface area contributed by atoms with E-state index in [1.54, 1.807) is 6.07 Å². The maximum absolute atomic E-state index is 12.1. The van der Waals surface area contributed by atoms with Gasteiger partial charge in [0.1, 0.15) is 11.8 Å². The van der Waals surface area contributed by atoms with Crippen molar-refractivity contribution in [2.75, 3.05) is 13.2 Å². The molecule has 1 aliphatic heterocycles. The van der Waals surface area contributed by atoms with E-state index in [0.29, 0.717) is 24.6 Å². The molecule has 1 aromatic carbocycles. The first-order chi connectivity index (χ1) is 9.99. The monoisotopic (exact) mass is 291 g/mol. The molecule has 1 N–H and O–H groups in total. The number of carbonyl (C=O) groups is 2. The number of aliphatic carboxylic acids is 1. The predicted molar refractivity (Wildman–Crippen MR) is 78.4 cm³/mol. The minimum Gasteiger partial charge on any atom is -0.484 e. The lowest BCUT2D eigenvalue weighted by Gasteiger charge is -2.21. The molecule has 1 aliphatic rings. The van der Waals surface area contributed by atoms with Crippen molar-refractivity contribution in [3.63, 3.8) is 0 Å². The zero-order valence-corrected chi connectivity index (χ0v) is 12.4. The van der Waals surface area contributed by atoms with E-state index in [0.717, 1.165) is 12.0 Å². The first-order valence-corrected chi connectivity index (χ1v) is 7.24. The van der Waals surface area contributed by atoms with Gasteiger partial charge in [0.25, 0.3) is 5.91 Å². The third-order valence-corrected chi connectivity index (χ3v) is 3.75. The number of nitrogens with zero attached hydrogens (tertiary/aromatic N) is 1. The molecule has 0 aliphatic carbocycles. The van der Waals surface area contributed by atoms with Crippen LogP contribution in [0.3, 0.4) is 0 Å². The van der Waals surface area contributed by atoms with E-state index in [9.17, 15) is 9.59 Å². The van der Waals surface area contributed by atoms with Gasteiger partial charge in [0.15, 0.2) is 6.61 Å². The summed E-state index contributed by atoms with van der Waals surface area (Å²) >= 11 is 0. The van der Waals surface area contributed by atoms with Crippen molar-refractivity contribution in [1.82, 2.24) is 4.90 Å². The summed E-state index contributed by atoms with van der Waals surface area (Å²) in [5.41, 5.74) is 1.14. The van der Waals surface area contributed by atoms with Gasteiger partial charge in [-0.1, -0.05) is 26.0 Å². The Morgan fingerprint density at radius 3 is 2.86 bits per heavy atom. The molecule has 1 aromatic rings. The van der Waals surface area contributed by atoms with Gasteiger partial charge in [-0.3, -0.25) is 4.79 Å². The minimum atomic E-state index is -0.942. The molecule has 1 atom stereocenters. The van der Waals surface area contributed by atoms with Crippen LogP contribution in [0.2, 0.25) is 0 Å². The fourth-order valence-corrected chi connectivity index (χ4v) is 2.51. The van der Waals surface area contributed by atoms with Crippen LogP contribution in [0.4, 0.5) is 0 Å². The lowest BCUT2D eigenvalue weighted by molar-refractivity contribution is -0.148. The summed E-state index contributed by atoms with van der Waals surface area (Å²) in [5.74, 6) is -0.183. The van der Waals surface area contributed by atoms with E-state index in [1.807, 2.05) is 18.2 Å². The second kappa shape index (κ2) is 6.61. The van der Waals surface area contributed by atoms with Crippen molar-refractivity contribution >= 4 is 11.9 Å². The molecule has 1 fully saturated rings. The molecule has 0 unspecified atom stereocenters. The van der Waals surface area contributed by atoms with Gasteiger partial charge in [0.2, 0.25) is 0 Å². The molecular weight excluding hydrogens is 270 g/mol. The predicted octanol–water partition coefficient (Wildman–Crippen LogP) is 2.26. The molecule has 0 bridgehead atoms. The summed E-state index contributed by atoms with van der Waals surface area (Å²) in [6, 6.07) is 6.92. The number of rotatable bonds is 5. The van der Waals surface area contributed by atoms with E-state index in [-0.39, 0.29) is 12.5 Å². The highest BCUT2D eigenvalue weighted by Crippen LogP contribution is 2.21. The zero-order valence-electron chi connectivity index (χ0n) is 12.4. The van der Waals surface area contributed by atoms with Crippen molar-refractivity contribution in [2.24, 2.45) is 0 Å². The Morgan fingerprint density at radius 2 is 2.19 bits per heavy atom. The average molecular weight is 291 g/mol. The van der Waals surface area contributed by atoms with E-state index in [2.05, 4.69) is 13.8 Å². The highest BCUT2D eigenvalue weighted by molar-refractivity contribution is 5.85. The number of hydrogen-bond acceptors (Lipinski definition) is 3. The van der Waals surface area contributed by atoms with Crippen LogP contribution in [0.25, 0.3) is 0 Å². The van der Waals surface area contributed by atoms with Crippen LogP contribution in [0.1, 0.15) is 38.2 Å². The number of hydrogen-bond donors (Lipinski definition) is 1. The molecule has 0 aromatic heterocycles. The van der Waals surface area contributed by atoms with Crippen molar-refractivity contribution in [1.29, 1.82) is 0 Å². The number of carbonyl (C=O) groups excluding carboxylic acids is 1. The molecule has 5 nitrogen and oxygen atoms in total. The van der Waals surface area contributed by atoms with Crippen LogP contribution < -0.4 is 4.74 Å². The summed E-state index contributed by atoms with van der Waals surface area (Å²) in [7, 11) is 0. The van der Waals surface area contributed by atoms with E-state index >= 15 is 0 Å². The Bertz CT molecular complexity index is 527. The Morgan fingerprint density at radius 1 is 1.43 bits per heavy atom. The Hall–Kier alpha value is -2.04. The maximum Gasteiger partial charge on any atom is 0.326 e. The molecule has 2 rings (SSSR count). The van der Waals surface area contributed by atoms with Gasteiger partial charge in [-0.2, -0.15) is 0 Å². The molecule has 0 saturated carbocycles. The number of carboxylic acid groups (broad SMARTS) is 1. The number of benzene rings is 1. The summed E-state index contributed by atoms with van der Waals surface area (Å²) in [4.78, 5) is 24.6. The lowest BCUT2D eigenvalue weighted by atomic mass is 10.0. The largest absolute Gasteiger partial charge is 0.484 e. The first-order valence-electron chi connectivity index (χ1n) is 7.24. The van der Waals surface area contributed by atoms with Gasteiger partial charge in [-0.25, -0.2) is 4.79 Å². The average Bonchev–Trinajstić information content (AvgIpc) is 2.94. The third kappa shape index (κ3) is 3.74. The molecule has 1 amide bonds. The first kappa shape index (κ1) is 15.4. The van der Waals surface area contributed by atoms with Crippen molar-refractivity contribution in [2.45, 2.75) is 38.6 Å². The van der Waals surface area contributed by atoms with Gasteiger partial charge in [0.05, 0.1) is 0 Å². The smallest absolute Gasteiger partial charge is 0.326 e. The summed E-state index contributed by atoms with van der Waals surface area (Å²) in [6.45, 7) is 4.55. The van der Waals surface area contributed by atoms with Gasteiger partial charge in [-0.05, 0) is 36.5 Å². The van der Waals surface area contributed by atoms with Gasteiger partial charge in [0, 0.05) is 6.54 Å². The summed E-state index contributed by atoms with van der Waals surface area (Å²) < 4.78 is 5.51. The molecular formula is C16H21NO4. The molecule has 1 heterocycles. The van der Waals surface area contributed by atoms with Crippen LogP contribution in [0.15, 0.2) is 24.3 Å². The van der Waals surface area contributed by atoms with Crippen LogP contribution in [0.5, 0.6) is 5.75 Å². The van der Waals surface area contributed by atoms with E-state index in [1.165, 1.54) is 4.90 Å². The molecule has 114 valence electrons. The highest BCUT2D eigenvalue weighted by atomic mass is 16.5. The maximum atomic E-state index is 12.1. The van der Waals surface area contributed by atoms with Crippen molar-refractivity contribution < 1.29 is 19.4 Å². The van der Waals surface area contributed by atoms with Crippen LogP contribution >= 0.6 is 0 Å². The zero-order chi connectivity index (χ0) is 15.4. The Labute approximate surface area is 124 Å². The quantitative estimate of drug-likeness (QED) is 0.903. The van der Waals surface area contributed by atoms with Crippen molar-refractivity contribution in [3.05, 3.63) is 29.8 Å². The Balaban J connectivity index is 1.95. The van der Waals surface area contributed by atoms with Crippen LogP contribution in [-0.2, 0) is 9.59 Å². The molecule has 0 radical (unpaired) electrons. The fourth-order valence-electron chi connectivity index (χ4n) is 2.51. The van der Waals surface area contributed by atoms with Gasteiger partial charge < -0.3 is 14.7 Å². The Kier molecular flexibility index (Phi) is 4.83. The second-order valence-electron chi connectivity index (χ2n) is 5.60. The topological polar surface area (TPSA) is 66.8 Å². The van der Waals surface area contributed by atoms with Crippen LogP contribution in [0, 0.1) is 0 Å². The summed E-state index contributed by atoms with van der Waals surface area (Å²) in [6.07, 6.45) is 1.25. The minimum absolute atomic E-state index is 0.120. The SMILES string of the molecule is CC(C)c1cccc(OCC(=O)N2CCC[C@@H]2C(=O)O)c1. The number of carboxylic acids is 1. The van der Waals surface area contributed by atoms with Crippen LogP contribution in [-0.4, -0.2) is 41.1 Å². The molecule has 21 heavy (non-hydrogen) atoms. The summed E-state index contributed by atoms with van der Waals surface area (Å²) in [5, 5.41) is 9.08. The number of ether oxygens (including phenoxy) is 1. The normalized spacial score (nSPS) is 18.0. The number of amides is 1. The van der Waals surface area contributed by atoms with Crippen molar-refractivity contribution in [3.8, 4) is 5.75 Å². The standard InChI is InChI=1S/C16H21NO4/c1-11(2)12-5-3-6-13(9-12)21-10-15(18)17-8-4-7-14(17)16(19)20/h3,5-6,9,11,14H,4,7-8,10H2,1-2H3,(H,19,20)/t14-/m1/s1.